The summed E-state index contributed by atoms with van der Waals surface area (Å²) in [5.41, 5.74) is 7.54. The number of methoxy groups -OCH3 is 1. The van der Waals surface area contributed by atoms with Crippen molar-refractivity contribution in [1.82, 2.24) is 14.8 Å². The Morgan fingerprint density at radius 2 is 2.19 bits per heavy atom. The Labute approximate surface area is 149 Å². The van der Waals surface area contributed by atoms with Crippen molar-refractivity contribution in [3.8, 4) is 17.3 Å². The van der Waals surface area contributed by atoms with Crippen molar-refractivity contribution in [1.29, 1.82) is 0 Å². The highest BCUT2D eigenvalue weighted by atomic mass is 16.5. The smallest absolute Gasteiger partial charge is 0.248 e. The first-order valence-corrected chi connectivity index (χ1v) is 8.00. The van der Waals surface area contributed by atoms with E-state index < -0.39 is 11.9 Å². The molecule has 0 spiro atoms. The Morgan fingerprint density at radius 3 is 2.88 bits per heavy atom. The second kappa shape index (κ2) is 6.07. The van der Waals surface area contributed by atoms with Crippen LogP contribution in [-0.4, -0.2) is 27.8 Å². The standard InChI is InChI=1S/C18H17N5O3/c1-10-14(16(19)24)15(11-5-3-6-12(9-11)25-2)23-18(20-10)21-17(22-23)13-7-4-8-26-13/h3-9,15H,1-2H3,(H2,19,24)(H,20,21,22). The normalized spacial score (nSPS) is 16.2. The molecule has 8 heteroatoms. The lowest BCUT2D eigenvalue weighted by molar-refractivity contribution is -0.115. The van der Waals surface area contributed by atoms with Crippen LogP contribution in [0.3, 0.4) is 0 Å². The maximum absolute atomic E-state index is 12.2. The van der Waals surface area contributed by atoms with Gasteiger partial charge in [0.15, 0.2) is 5.76 Å². The van der Waals surface area contributed by atoms with Crippen LogP contribution in [0, 0.1) is 0 Å². The van der Waals surface area contributed by atoms with Crippen LogP contribution in [0.2, 0.25) is 0 Å². The maximum Gasteiger partial charge on any atom is 0.248 e. The molecule has 3 aromatic rings. The monoisotopic (exact) mass is 351 g/mol. The molecule has 1 atom stereocenters. The van der Waals surface area contributed by atoms with Gasteiger partial charge in [0.05, 0.1) is 18.9 Å². The second-order valence-corrected chi connectivity index (χ2v) is 5.89. The van der Waals surface area contributed by atoms with Gasteiger partial charge in [-0.2, -0.15) is 4.98 Å². The fourth-order valence-corrected chi connectivity index (χ4v) is 3.10. The number of hydrogen-bond acceptors (Lipinski definition) is 6. The Bertz CT molecular complexity index is 1000. The highest BCUT2D eigenvalue weighted by molar-refractivity contribution is 5.95. The number of carbonyl (C=O) groups excluding carboxylic acids is 1. The third-order valence-electron chi connectivity index (χ3n) is 4.27. The van der Waals surface area contributed by atoms with Crippen LogP contribution in [0.1, 0.15) is 18.5 Å². The molecule has 0 bridgehead atoms. The van der Waals surface area contributed by atoms with Gasteiger partial charge in [0, 0.05) is 5.70 Å². The van der Waals surface area contributed by atoms with E-state index in [2.05, 4.69) is 15.4 Å². The number of fused-ring (bicyclic) bond motifs is 1. The number of carbonyl (C=O) groups is 1. The van der Waals surface area contributed by atoms with Gasteiger partial charge in [0.25, 0.3) is 0 Å². The van der Waals surface area contributed by atoms with Crippen LogP contribution in [-0.2, 0) is 4.79 Å². The van der Waals surface area contributed by atoms with E-state index in [0.29, 0.717) is 34.6 Å². The van der Waals surface area contributed by atoms with Gasteiger partial charge in [0.1, 0.15) is 11.8 Å². The van der Waals surface area contributed by atoms with E-state index in [1.54, 1.807) is 37.1 Å². The Kier molecular flexibility index (Phi) is 3.72. The van der Waals surface area contributed by atoms with Gasteiger partial charge in [-0.05, 0) is 36.8 Å². The van der Waals surface area contributed by atoms with Gasteiger partial charge in [-0.15, -0.1) is 5.10 Å². The number of aromatic nitrogens is 3. The first-order valence-electron chi connectivity index (χ1n) is 8.00. The summed E-state index contributed by atoms with van der Waals surface area (Å²) in [6.07, 6.45) is 1.56. The van der Waals surface area contributed by atoms with E-state index in [0.717, 1.165) is 5.56 Å². The fraction of sp³-hybridized carbons (Fsp3) is 0.167. The van der Waals surface area contributed by atoms with Crippen molar-refractivity contribution < 1.29 is 13.9 Å². The molecule has 3 N–H and O–H groups in total. The summed E-state index contributed by atoms with van der Waals surface area (Å²) in [4.78, 5) is 16.6. The fourth-order valence-electron chi connectivity index (χ4n) is 3.10. The molecule has 132 valence electrons. The van der Waals surface area contributed by atoms with Crippen molar-refractivity contribution in [2.75, 3.05) is 12.4 Å². The van der Waals surface area contributed by atoms with Crippen LogP contribution < -0.4 is 15.8 Å². The summed E-state index contributed by atoms with van der Waals surface area (Å²) in [6, 6.07) is 10.5. The number of anilines is 1. The molecule has 1 unspecified atom stereocenters. The minimum Gasteiger partial charge on any atom is -0.497 e. The van der Waals surface area contributed by atoms with Gasteiger partial charge >= 0.3 is 0 Å². The van der Waals surface area contributed by atoms with Gasteiger partial charge in [-0.3, -0.25) is 4.79 Å². The molecule has 1 aliphatic rings. The molecule has 1 aliphatic heterocycles. The van der Waals surface area contributed by atoms with Crippen LogP contribution in [0.15, 0.2) is 58.3 Å². The number of nitrogens with two attached hydrogens (primary N) is 1. The number of amides is 1. The van der Waals surface area contributed by atoms with Gasteiger partial charge < -0.3 is 20.2 Å². The predicted molar refractivity (Wildman–Crippen MR) is 94.4 cm³/mol. The van der Waals surface area contributed by atoms with Crippen molar-refractivity contribution in [2.45, 2.75) is 13.0 Å². The SMILES string of the molecule is COc1cccc(C2C(C(N)=O)=C(C)Nc3nc(-c4ccco4)nn32)c1. The molecule has 3 heterocycles. The number of benzene rings is 1. The molecule has 0 fully saturated rings. The van der Waals surface area contributed by atoms with E-state index >= 15 is 0 Å². The van der Waals surface area contributed by atoms with Gasteiger partial charge in [-0.1, -0.05) is 12.1 Å². The summed E-state index contributed by atoms with van der Waals surface area (Å²) in [5, 5.41) is 7.64. The van der Waals surface area contributed by atoms with E-state index in [1.807, 2.05) is 24.3 Å². The molecular weight excluding hydrogens is 334 g/mol. The zero-order valence-corrected chi connectivity index (χ0v) is 14.3. The van der Waals surface area contributed by atoms with Crippen molar-refractivity contribution in [2.24, 2.45) is 5.73 Å². The third kappa shape index (κ3) is 2.52. The quantitative estimate of drug-likeness (QED) is 0.747. The van der Waals surface area contributed by atoms with E-state index in [-0.39, 0.29) is 0 Å². The highest BCUT2D eigenvalue weighted by Crippen LogP contribution is 2.36. The number of rotatable bonds is 4. The number of nitrogens with one attached hydrogen (secondary N) is 1. The van der Waals surface area contributed by atoms with Crippen LogP contribution in [0.25, 0.3) is 11.6 Å². The number of hydrogen-bond donors (Lipinski definition) is 2. The molecule has 26 heavy (non-hydrogen) atoms. The summed E-state index contributed by atoms with van der Waals surface area (Å²) in [5.74, 6) is 1.62. The molecule has 2 aromatic heterocycles. The minimum atomic E-state index is -0.525. The summed E-state index contributed by atoms with van der Waals surface area (Å²) in [7, 11) is 1.59. The number of nitrogens with zero attached hydrogens (tertiary/aromatic N) is 3. The van der Waals surface area contributed by atoms with Crippen molar-refractivity contribution in [3.63, 3.8) is 0 Å². The molecule has 0 radical (unpaired) electrons. The summed E-state index contributed by atoms with van der Waals surface area (Å²) < 4.78 is 12.3. The third-order valence-corrected chi connectivity index (χ3v) is 4.27. The lowest BCUT2D eigenvalue weighted by atomic mass is 9.95. The van der Waals surface area contributed by atoms with E-state index in [1.165, 1.54) is 0 Å². The molecule has 4 rings (SSSR count). The van der Waals surface area contributed by atoms with Crippen LogP contribution in [0.4, 0.5) is 5.95 Å². The summed E-state index contributed by atoms with van der Waals surface area (Å²) in [6.45, 7) is 1.79. The lowest BCUT2D eigenvalue weighted by Crippen LogP contribution is -2.31. The number of furan rings is 1. The summed E-state index contributed by atoms with van der Waals surface area (Å²) >= 11 is 0. The van der Waals surface area contributed by atoms with E-state index in [9.17, 15) is 4.79 Å². The Morgan fingerprint density at radius 1 is 1.35 bits per heavy atom. The van der Waals surface area contributed by atoms with Crippen LogP contribution >= 0.6 is 0 Å². The molecular formula is C18H17N5O3. The van der Waals surface area contributed by atoms with Crippen molar-refractivity contribution in [3.05, 3.63) is 59.5 Å². The van der Waals surface area contributed by atoms with Gasteiger partial charge in [0.2, 0.25) is 17.7 Å². The maximum atomic E-state index is 12.2. The average Bonchev–Trinajstić information content (AvgIpc) is 3.29. The molecule has 1 aromatic carbocycles. The Hall–Kier alpha value is -3.55. The second-order valence-electron chi connectivity index (χ2n) is 5.89. The number of primary amides is 1. The number of ether oxygens (including phenoxy) is 1. The van der Waals surface area contributed by atoms with E-state index in [4.69, 9.17) is 14.9 Å². The minimum absolute atomic E-state index is 0.418. The molecule has 8 nitrogen and oxygen atoms in total. The molecule has 0 saturated carbocycles. The first kappa shape index (κ1) is 15.9. The Balaban J connectivity index is 1.90. The van der Waals surface area contributed by atoms with Gasteiger partial charge in [-0.25, -0.2) is 4.68 Å². The topological polar surface area (TPSA) is 108 Å². The zero-order valence-electron chi connectivity index (χ0n) is 14.3. The molecule has 0 saturated heterocycles. The molecule has 0 aliphatic carbocycles. The zero-order chi connectivity index (χ0) is 18.3. The number of allylic oxidation sites excluding steroid dienone is 1. The first-order chi connectivity index (χ1) is 12.6. The predicted octanol–water partition coefficient (Wildman–Crippen LogP) is 2.32. The largest absolute Gasteiger partial charge is 0.497 e. The molecule has 1 amide bonds. The highest BCUT2D eigenvalue weighted by Gasteiger charge is 2.33. The van der Waals surface area contributed by atoms with Crippen LogP contribution in [0.5, 0.6) is 5.75 Å². The lowest BCUT2D eigenvalue weighted by Gasteiger charge is -2.27. The van der Waals surface area contributed by atoms with Crippen molar-refractivity contribution >= 4 is 11.9 Å². The average molecular weight is 351 g/mol.